The van der Waals surface area contributed by atoms with Gasteiger partial charge in [0.25, 0.3) is 0 Å². The molecule has 0 bridgehead atoms. The van der Waals surface area contributed by atoms with Crippen molar-refractivity contribution >= 4 is 0 Å². The van der Waals surface area contributed by atoms with E-state index in [1.165, 1.54) is 41.6 Å². The van der Waals surface area contributed by atoms with Gasteiger partial charge < -0.3 is 0 Å². The van der Waals surface area contributed by atoms with Crippen molar-refractivity contribution in [3.8, 4) is 0 Å². The average molecular weight is 258 g/mol. The van der Waals surface area contributed by atoms with E-state index in [0.717, 1.165) is 6.42 Å². The van der Waals surface area contributed by atoms with E-state index >= 15 is 0 Å². The highest BCUT2D eigenvalue weighted by Gasteiger charge is 2.12. The third-order valence-electron chi connectivity index (χ3n) is 3.02. The maximum atomic E-state index is 3.88. The van der Waals surface area contributed by atoms with Crippen molar-refractivity contribution in [1.29, 1.82) is 0 Å². The fourth-order valence-electron chi connectivity index (χ4n) is 2.14. The molecule has 0 aromatic carbocycles. The van der Waals surface area contributed by atoms with E-state index in [2.05, 4.69) is 51.7 Å². The van der Waals surface area contributed by atoms with Gasteiger partial charge in [-0.25, -0.2) is 0 Å². The Morgan fingerprint density at radius 2 is 1.74 bits per heavy atom. The molecule has 2 aliphatic rings. The van der Waals surface area contributed by atoms with Gasteiger partial charge in [0.15, 0.2) is 0 Å². The van der Waals surface area contributed by atoms with Crippen molar-refractivity contribution in [3.63, 3.8) is 0 Å². The summed E-state index contributed by atoms with van der Waals surface area (Å²) in [5.41, 5.74) is 5.72. The summed E-state index contributed by atoms with van der Waals surface area (Å²) in [6.07, 6.45) is 15.6. The van der Waals surface area contributed by atoms with E-state index in [4.69, 9.17) is 0 Å². The Morgan fingerprint density at radius 1 is 1.16 bits per heavy atom. The van der Waals surface area contributed by atoms with Crippen LogP contribution in [-0.2, 0) is 0 Å². The Bertz CT molecular complexity index is 386. The SMILES string of the molecule is C=CC1=C(C)C2=C(C=CCC2)C=CC1.CC.CCC. The van der Waals surface area contributed by atoms with Crippen LogP contribution in [0.3, 0.4) is 0 Å². The van der Waals surface area contributed by atoms with Crippen LogP contribution in [0.1, 0.15) is 60.3 Å². The lowest BCUT2D eigenvalue weighted by molar-refractivity contribution is 0.951. The van der Waals surface area contributed by atoms with Crippen LogP contribution in [-0.4, -0.2) is 0 Å². The third-order valence-corrected chi connectivity index (χ3v) is 3.02. The molecule has 0 atom stereocenters. The zero-order valence-corrected chi connectivity index (χ0v) is 13.4. The van der Waals surface area contributed by atoms with Gasteiger partial charge in [0.1, 0.15) is 0 Å². The third kappa shape index (κ3) is 5.46. The Balaban J connectivity index is 0.000000573. The Morgan fingerprint density at radius 3 is 2.32 bits per heavy atom. The van der Waals surface area contributed by atoms with Crippen LogP contribution in [0.15, 0.2) is 59.3 Å². The lowest BCUT2D eigenvalue weighted by Crippen LogP contribution is -1.95. The molecule has 0 heteroatoms. The number of allylic oxidation sites excluding steroid dienone is 9. The molecule has 0 fully saturated rings. The zero-order chi connectivity index (χ0) is 14.7. The lowest BCUT2D eigenvalue weighted by Gasteiger charge is -2.14. The summed E-state index contributed by atoms with van der Waals surface area (Å²) in [6, 6.07) is 0. The molecule has 0 radical (unpaired) electrons. The molecule has 0 saturated carbocycles. The lowest BCUT2D eigenvalue weighted by atomic mass is 9.91. The molecule has 106 valence electrons. The smallest absolute Gasteiger partial charge is 0.00916 e. The molecular weight excluding hydrogens is 228 g/mol. The summed E-state index contributed by atoms with van der Waals surface area (Å²) >= 11 is 0. The quantitative estimate of drug-likeness (QED) is 0.501. The Hall–Kier alpha value is -1.30. The van der Waals surface area contributed by atoms with E-state index in [1.54, 1.807) is 0 Å². The highest BCUT2D eigenvalue weighted by Crippen LogP contribution is 2.31. The largest absolute Gasteiger partial charge is 0.0988 e. The molecule has 0 saturated heterocycles. The fraction of sp³-hybridized carbons (Fsp3) is 0.474. The predicted octanol–water partition coefficient (Wildman–Crippen LogP) is 6.54. The van der Waals surface area contributed by atoms with Gasteiger partial charge >= 0.3 is 0 Å². The van der Waals surface area contributed by atoms with Crippen molar-refractivity contribution in [2.24, 2.45) is 0 Å². The first-order valence-corrected chi connectivity index (χ1v) is 7.63. The summed E-state index contributed by atoms with van der Waals surface area (Å²) in [4.78, 5) is 0. The van der Waals surface area contributed by atoms with Gasteiger partial charge in [0, 0.05) is 0 Å². The zero-order valence-electron chi connectivity index (χ0n) is 13.4. The maximum Gasteiger partial charge on any atom is -0.00916 e. The molecule has 0 aromatic rings. The molecule has 0 unspecified atom stereocenters. The summed E-state index contributed by atoms with van der Waals surface area (Å²) in [6.45, 7) is 14.4. The van der Waals surface area contributed by atoms with Gasteiger partial charge in [-0.3, -0.25) is 0 Å². The fourth-order valence-corrected chi connectivity index (χ4v) is 2.14. The van der Waals surface area contributed by atoms with Crippen molar-refractivity contribution in [1.82, 2.24) is 0 Å². The van der Waals surface area contributed by atoms with Crippen LogP contribution < -0.4 is 0 Å². The van der Waals surface area contributed by atoms with Crippen molar-refractivity contribution in [2.45, 2.75) is 60.3 Å². The van der Waals surface area contributed by atoms with Gasteiger partial charge in [-0.15, -0.1) is 0 Å². The minimum atomic E-state index is 1.02. The molecule has 0 nitrogen and oxygen atoms in total. The van der Waals surface area contributed by atoms with E-state index in [1.807, 2.05) is 19.9 Å². The Labute approximate surface area is 120 Å². The second-order valence-corrected chi connectivity index (χ2v) is 4.54. The van der Waals surface area contributed by atoms with Crippen molar-refractivity contribution in [3.05, 3.63) is 59.3 Å². The molecule has 0 amide bonds. The second kappa shape index (κ2) is 10.6. The van der Waals surface area contributed by atoms with Gasteiger partial charge in [0.05, 0.1) is 0 Å². The molecule has 0 aliphatic heterocycles. The monoisotopic (exact) mass is 258 g/mol. The highest BCUT2D eigenvalue weighted by molar-refractivity contribution is 5.52. The van der Waals surface area contributed by atoms with Crippen LogP contribution in [0.25, 0.3) is 0 Å². The van der Waals surface area contributed by atoms with Crippen LogP contribution in [0.2, 0.25) is 0 Å². The highest BCUT2D eigenvalue weighted by atomic mass is 14.2. The number of hydrogen-bond donors (Lipinski definition) is 0. The normalized spacial score (nSPS) is 16.7. The second-order valence-electron chi connectivity index (χ2n) is 4.54. The summed E-state index contributed by atoms with van der Waals surface area (Å²) < 4.78 is 0. The summed E-state index contributed by atoms with van der Waals surface area (Å²) in [5.74, 6) is 0. The molecule has 19 heavy (non-hydrogen) atoms. The standard InChI is InChI=1S/C14H16.C3H8.C2H6/c1-3-12-8-6-9-13-7-4-5-10-14(13)11(12)2;1-3-2;1-2/h3-4,6-7,9H,1,5,8,10H2,2H3;3H2,1-2H3;1-2H3. The van der Waals surface area contributed by atoms with Crippen molar-refractivity contribution in [2.75, 3.05) is 0 Å². The van der Waals surface area contributed by atoms with Gasteiger partial charge in [-0.05, 0) is 48.5 Å². The van der Waals surface area contributed by atoms with E-state index in [0.29, 0.717) is 0 Å². The van der Waals surface area contributed by atoms with Gasteiger partial charge in [-0.2, -0.15) is 0 Å². The first kappa shape index (κ1) is 17.7. The van der Waals surface area contributed by atoms with Gasteiger partial charge in [-0.1, -0.05) is 71.1 Å². The average Bonchev–Trinajstić information content (AvgIpc) is 2.62. The molecule has 0 spiro atoms. The summed E-state index contributed by atoms with van der Waals surface area (Å²) in [7, 11) is 0. The first-order valence-electron chi connectivity index (χ1n) is 7.63. The van der Waals surface area contributed by atoms with E-state index in [-0.39, 0.29) is 0 Å². The molecule has 0 aromatic heterocycles. The first-order chi connectivity index (χ1) is 9.24. The minimum absolute atomic E-state index is 1.02. The predicted molar refractivity (Wildman–Crippen MR) is 89.4 cm³/mol. The topological polar surface area (TPSA) is 0 Å². The van der Waals surface area contributed by atoms with Crippen molar-refractivity contribution < 1.29 is 0 Å². The van der Waals surface area contributed by atoms with Crippen LogP contribution in [0.4, 0.5) is 0 Å². The van der Waals surface area contributed by atoms with Crippen LogP contribution >= 0.6 is 0 Å². The van der Waals surface area contributed by atoms with Crippen LogP contribution in [0, 0.1) is 0 Å². The number of hydrogen-bond acceptors (Lipinski definition) is 0. The maximum absolute atomic E-state index is 3.88. The van der Waals surface area contributed by atoms with E-state index in [9.17, 15) is 0 Å². The summed E-state index contributed by atoms with van der Waals surface area (Å²) in [5, 5.41) is 0. The molecular formula is C19H30. The minimum Gasteiger partial charge on any atom is -0.0988 e. The molecule has 2 rings (SSSR count). The Kier molecular flexibility index (Phi) is 9.88. The number of rotatable bonds is 1. The van der Waals surface area contributed by atoms with E-state index < -0.39 is 0 Å². The molecule has 0 heterocycles. The van der Waals surface area contributed by atoms with Gasteiger partial charge in [0.2, 0.25) is 0 Å². The molecule has 0 N–H and O–H groups in total. The molecule has 2 aliphatic carbocycles. The van der Waals surface area contributed by atoms with Crippen LogP contribution in [0.5, 0.6) is 0 Å².